The van der Waals surface area contributed by atoms with Gasteiger partial charge in [-0.3, -0.25) is 0 Å². The molecule has 2 atom stereocenters. The van der Waals surface area contributed by atoms with Crippen LogP contribution in [0.15, 0.2) is 0 Å². The lowest BCUT2D eigenvalue weighted by Crippen LogP contribution is -2.30. The third kappa shape index (κ3) is 1.44. The standard InChI is InChI=1S/C6H6O4S2/c11-5-7-1-3(9-5)4-2-8-6(12)10-4/h3-4H,1-2H2/t3-,4-/m1/s1. The second-order valence-electron chi connectivity index (χ2n) is 2.43. The average Bonchev–Trinajstić information content (AvgIpc) is 2.58. The molecule has 66 valence electrons. The van der Waals surface area contributed by atoms with Gasteiger partial charge in [-0.15, -0.1) is 0 Å². The number of rotatable bonds is 1. The smallest absolute Gasteiger partial charge is 0.352 e. The second kappa shape index (κ2) is 3.02. The lowest BCUT2D eigenvalue weighted by atomic mass is 10.2. The van der Waals surface area contributed by atoms with Crippen molar-refractivity contribution in [3.05, 3.63) is 0 Å². The van der Waals surface area contributed by atoms with E-state index in [1.807, 2.05) is 0 Å². The van der Waals surface area contributed by atoms with E-state index in [9.17, 15) is 0 Å². The summed E-state index contributed by atoms with van der Waals surface area (Å²) >= 11 is 9.37. The maximum Gasteiger partial charge on any atom is 0.352 e. The minimum atomic E-state index is -0.182. The number of hydrogen-bond acceptors (Lipinski definition) is 6. The largest absolute Gasteiger partial charge is 0.453 e. The van der Waals surface area contributed by atoms with Gasteiger partial charge in [-0.2, -0.15) is 0 Å². The maximum absolute atomic E-state index is 5.14. The fourth-order valence-electron chi connectivity index (χ4n) is 1.05. The lowest BCUT2D eigenvalue weighted by molar-refractivity contribution is 0.0768. The van der Waals surface area contributed by atoms with E-state index in [1.165, 1.54) is 0 Å². The molecule has 0 amide bonds. The molecule has 0 radical (unpaired) electrons. The van der Waals surface area contributed by atoms with Crippen LogP contribution in [0.5, 0.6) is 0 Å². The van der Waals surface area contributed by atoms with Gasteiger partial charge < -0.3 is 18.9 Å². The SMILES string of the molecule is S=C1OC[C@H]([C@H]2COC(=S)O2)O1. The van der Waals surface area contributed by atoms with Crippen molar-refractivity contribution in [2.45, 2.75) is 12.2 Å². The number of hydrogen-bond donors (Lipinski definition) is 0. The summed E-state index contributed by atoms with van der Waals surface area (Å²) in [5.41, 5.74) is 0. The molecule has 4 nitrogen and oxygen atoms in total. The molecular weight excluding hydrogens is 200 g/mol. The first-order valence-electron chi connectivity index (χ1n) is 3.42. The van der Waals surface area contributed by atoms with Gasteiger partial charge in [0.1, 0.15) is 13.2 Å². The molecule has 0 aromatic rings. The Balaban J connectivity index is 1.93. The van der Waals surface area contributed by atoms with Crippen molar-refractivity contribution in [3.63, 3.8) is 0 Å². The Morgan fingerprint density at radius 3 is 1.58 bits per heavy atom. The molecule has 6 heteroatoms. The summed E-state index contributed by atoms with van der Waals surface area (Å²) in [4.78, 5) is 0. The van der Waals surface area contributed by atoms with Crippen LogP contribution >= 0.6 is 24.4 Å². The quantitative estimate of drug-likeness (QED) is 0.578. The van der Waals surface area contributed by atoms with Gasteiger partial charge >= 0.3 is 10.5 Å². The van der Waals surface area contributed by atoms with Crippen molar-refractivity contribution < 1.29 is 18.9 Å². The van der Waals surface area contributed by atoms with Gasteiger partial charge in [0.2, 0.25) is 0 Å². The predicted octanol–water partition coefficient (Wildman–Crippen LogP) is 0.387. The summed E-state index contributed by atoms with van der Waals surface area (Å²) in [5, 5.41) is 0.336. The van der Waals surface area contributed by atoms with Gasteiger partial charge in [0.05, 0.1) is 0 Å². The molecular formula is C6H6O4S2. The van der Waals surface area contributed by atoms with Crippen molar-refractivity contribution in [2.75, 3.05) is 13.2 Å². The highest BCUT2D eigenvalue weighted by atomic mass is 32.1. The molecule has 2 rings (SSSR count). The molecule has 0 aromatic heterocycles. The summed E-state index contributed by atoms with van der Waals surface area (Å²) in [5.74, 6) is 0. The first-order valence-corrected chi connectivity index (χ1v) is 4.24. The van der Waals surface area contributed by atoms with Crippen LogP contribution < -0.4 is 0 Å². The zero-order valence-corrected chi connectivity index (χ0v) is 7.65. The van der Waals surface area contributed by atoms with E-state index in [0.29, 0.717) is 13.2 Å². The number of ether oxygens (including phenoxy) is 4. The van der Waals surface area contributed by atoms with Crippen LogP contribution in [0.1, 0.15) is 0 Å². The van der Waals surface area contributed by atoms with E-state index in [1.54, 1.807) is 0 Å². The van der Waals surface area contributed by atoms with Crippen LogP contribution in [0.25, 0.3) is 0 Å². The van der Waals surface area contributed by atoms with E-state index in [4.69, 9.17) is 18.9 Å². The average molecular weight is 206 g/mol. The summed E-state index contributed by atoms with van der Waals surface area (Å²) < 4.78 is 20.2. The highest BCUT2D eigenvalue weighted by molar-refractivity contribution is 7.80. The molecule has 0 aliphatic carbocycles. The Morgan fingerprint density at radius 1 is 0.917 bits per heavy atom. The third-order valence-corrected chi connectivity index (χ3v) is 2.07. The molecule has 12 heavy (non-hydrogen) atoms. The first-order chi connectivity index (χ1) is 5.75. The van der Waals surface area contributed by atoms with E-state index >= 15 is 0 Å². The highest BCUT2D eigenvalue weighted by Crippen LogP contribution is 2.18. The predicted molar refractivity (Wildman–Crippen MR) is 46.8 cm³/mol. The van der Waals surface area contributed by atoms with Crippen molar-refractivity contribution >= 4 is 34.9 Å². The molecule has 2 heterocycles. The van der Waals surface area contributed by atoms with Crippen molar-refractivity contribution in [3.8, 4) is 0 Å². The van der Waals surface area contributed by atoms with Gasteiger partial charge in [-0.05, 0) is 0 Å². The van der Waals surface area contributed by atoms with Gasteiger partial charge in [0, 0.05) is 24.4 Å². The van der Waals surface area contributed by atoms with E-state index in [0.717, 1.165) is 0 Å². The summed E-state index contributed by atoms with van der Waals surface area (Å²) in [7, 11) is 0. The summed E-state index contributed by atoms with van der Waals surface area (Å²) in [6, 6.07) is 0. The van der Waals surface area contributed by atoms with Crippen molar-refractivity contribution in [2.24, 2.45) is 0 Å². The van der Waals surface area contributed by atoms with Crippen LogP contribution in [0, 0.1) is 0 Å². The molecule has 0 bridgehead atoms. The minimum absolute atomic E-state index is 0.168. The molecule has 0 aromatic carbocycles. The van der Waals surface area contributed by atoms with Crippen LogP contribution in [0.4, 0.5) is 0 Å². The third-order valence-electron chi connectivity index (χ3n) is 1.64. The topological polar surface area (TPSA) is 36.9 Å². The normalized spacial score (nSPS) is 33.7. The van der Waals surface area contributed by atoms with Gasteiger partial charge in [-0.1, -0.05) is 0 Å². The first kappa shape index (κ1) is 8.00. The van der Waals surface area contributed by atoms with Crippen molar-refractivity contribution in [1.29, 1.82) is 0 Å². The zero-order valence-electron chi connectivity index (χ0n) is 6.02. The fourth-order valence-corrected chi connectivity index (χ4v) is 1.43. The van der Waals surface area contributed by atoms with Crippen LogP contribution in [0.2, 0.25) is 0 Å². The van der Waals surface area contributed by atoms with Crippen LogP contribution in [0.3, 0.4) is 0 Å². The molecule has 2 aliphatic rings. The van der Waals surface area contributed by atoms with E-state index < -0.39 is 0 Å². The molecule has 0 spiro atoms. The lowest BCUT2D eigenvalue weighted by Gasteiger charge is -2.10. The molecule has 2 saturated heterocycles. The maximum atomic E-state index is 5.14. The van der Waals surface area contributed by atoms with E-state index in [-0.39, 0.29) is 22.7 Å². The highest BCUT2D eigenvalue weighted by Gasteiger charge is 2.37. The fraction of sp³-hybridized carbons (Fsp3) is 0.667. The van der Waals surface area contributed by atoms with Gasteiger partial charge in [0.15, 0.2) is 12.2 Å². The Morgan fingerprint density at radius 2 is 1.33 bits per heavy atom. The number of thiocarbonyl (C=S) groups is 2. The Labute approximate surface area is 79.7 Å². The van der Waals surface area contributed by atoms with Gasteiger partial charge in [-0.25, -0.2) is 0 Å². The Kier molecular flexibility index (Phi) is 2.02. The molecule has 0 N–H and O–H groups in total. The zero-order chi connectivity index (χ0) is 8.55. The van der Waals surface area contributed by atoms with Gasteiger partial charge in [0.25, 0.3) is 0 Å². The summed E-state index contributed by atoms with van der Waals surface area (Å²) in [6.45, 7) is 0.824. The molecule has 2 fully saturated rings. The monoisotopic (exact) mass is 206 g/mol. The summed E-state index contributed by atoms with van der Waals surface area (Å²) in [6.07, 6.45) is -0.365. The second-order valence-corrected chi connectivity index (χ2v) is 3.10. The van der Waals surface area contributed by atoms with E-state index in [2.05, 4.69) is 24.4 Å². The molecule has 2 aliphatic heterocycles. The molecule has 0 saturated carbocycles. The van der Waals surface area contributed by atoms with Crippen LogP contribution in [-0.2, 0) is 18.9 Å². The van der Waals surface area contributed by atoms with Crippen LogP contribution in [-0.4, -0.2) is 35.9 Å². The Hall–Kier alpha value is -0.620. The minimum Gasteiger partial charge on any atom is -0.453 e. The molecule has 0 unspecified atom stereocenters. The Bertz CT molecular complexity index is 206. The van der Waals surface area contributed by atoms with Crippen molar-refractivity contribution in [1.82, 2.24) is 0 Å².